The van der Waals surface area contributed by atoms with Gasteiger partial charge in [-0.3, -0.25) is 9.59 Å². The molecule has 8 heteroatoms. The summed E-state index contributed by atoms with van der Waals surface area (Å²) in [6.07, 6.45) is 4.92. The van der Waals surface area contributed by atoms with Gasteiger partial charge in [-0.1, -0.05) is 46.6 Å². The molecule has 1 aliphatic heterocycles. The molecule has 7 nitrogen and oxygen atoms in total. The van der Waals surface area contributed by atoms with E-state index < -0.39 is 11.2 Å². The van der Waals surface area contributed by atoms with Crippen molar-refractivity contribution in [1.82, 2.24) is 19.5 Å². The van der Waals surface area contributed by atoms with E-state index in [0.29, 0.717) is 35.6 Å². The number of hydrogen-bond donors (Lipinski definition) is 0. The van der Waals surface area contributed by atoms with Gasteiger partial charge in [-0.15, -0.1) is 0 Å². The molecule has 2 aliphatic rings. The highest BCUT2D eigenvalue weighted by atomic mass is 19.1. The van der Waals surface area contributed by atoms with Gasteiger partial charge in [0.1, 0.15) is 11.5 Å². The Bertz CT molecular complexity index is 1430. The fraction of sp³-hybridized carbons (Fsp3) is 0.548. The molecule has 3 heterocycles. The van der Waals surface area contributed by atoms with E-state index in [4.69, 9.17) is 4.74 Å². The molecule has 1 amide bonds. The van der Waals surface area contributed by atoms with Gasteiger partial charge in [0, 0.05) is 35.3 Å². The summed E-state index contributed by atoms with van der Waals surface area (Å²) >= 11 is 0. The Morgan fingerprint density at radius 2 is 1.87 bits per heavy atom. The van der Waals surface area contributed by atoms with E-state index in [9.17, 15) is 9.59 Å². The average Bonchev–Trinajstić information content (AvgIpc) is 3.18. The zero-order chi connectivity index (χ0) is 28.1. The second kappa shape index (κ2) is 10.0. The number of fused-ring (bicyclic) bond motifs is 1. The van der Waals surface area contributed by atoms with Crippen molar-refractivity contribution in [2.45, 2.75) is 85.1 Å². The molecule has 2 aromatic heterocycles. The molecule has 0 bridgehead atoms. The first-order valence-corrected chi connectivity index (χ1v) is 14.2. The first-order valence-electron chi connectivity index (χ1n) is 14.2. The standard InChI is InChI=1S/C31H39FN4O3/c1-7-21-17-25(28(37)35-15-11-9-10-12-19(35)3)33-26-18-24(34-36(21)26)22-14-13-20(16-23(22)32)31(6)27(30(31,4)5)29(38)39-8-2/h13-14,16-19,27H,7-12,15H2,1-6H3/t19-,27+,31?/m1/s1. The molecule has 0 spiro atoms. The van der Waals surface area contributed by atoms with E-state index in [1.54, 1.807) is 23.6 Å². The highest BCUT2D eigenvalue weighted by Gasteiger charge is 2.72. The number of hydrogen-bond acceptors (Lipinski definition) is 5. The molecule has 0 radical (unpaired) electrons. The highest BCUT2D eigenvalue weighted by Crippen LogP contribution is 2.69. The minimum atomic E-state index is -0.520. The number of aryl methyl sites for hydroxylation is 1. The lowest BCUT2D eigenvalue weighted by Gasteiger charge is -2.27. The maximum atomic E-state index is 15.6. The second-order valence-corrected chi connectivity index (χ2v) is 11.8. The third-order valence-corrected chi connectivity index (χ3v) is 9.32. The third kappa shape index (κ3) is 4.42. The van der Waals surface area contributed by atoms with Crippen LogP contribution < -0.4 is 0 Å². The van der Waals surface area contributed by atoms with Crippen LogP contribution in [0, 0.1) is 17.2 Å². The van der Waals surface area contributed by atoms with Crippen molar-refractivity contribution in [3.63, 3.8) is 0 Å². The molecule has 1 saturated carbocycles. The average molecular weight is 535 g/mol. The molecule has 1 saturated heterocycles. The Balaban J connectivity index is 1.48. The van der Waals surface area contributed by atoms with Gasteiger partial charge < -0.3 is 9.64 Å². The zero-order valence-electron chi connectivity index (χ0n) is 23.9. The number of amides is 1. The van der Waals surface area contributed by atoms with Crippen molar-refractivity contribution in [2.75, 3.05) is 13.2 Å². The zero-order valence-corrected chi connectivity index (χ0v) is 23.9. The lowest BCUT2D eigenvalue weighted by Crippen LogP contribution is -2.38. The molecule has 1 unspecified atom stereocenters. The Morgan fingerprint density at radius 3 is 2.56 bits per heavy atom. The van der Waals surface area contributed by atoms with Gasteiger partial charge in [0.15, 0.2) is 5.65 Å². The Hall–Kier alpha value is -3.29. The van der Waals surface area contributed by atoms with Crippen LogP contribution in [-0.2, 0) is 21.4 Å². The highest BCUT2D eigenvalue weighted by molar-refractivity contribution is 5.93. The van der Waals surface area contributed by atoms with Crippen molar-refractivity contribution in [1.29, 1.82) is 0 Å². The van der Waals surface area contributed by atoms with Crippen LogP contribution in [0.5, 0.6) is 0 Å². The molecule has 1 aromatic carbocycles. The monoisotopic (exact) mass is 534 g/mol. The smallest absolute Gasteiger partial charge is 0.310 e. The number of carbonyl (C=O) groups is 2. The predicted molar refractivity (Wildman–Crippen MR) is 148 cm³/mol. The van der Waals surface area contributed by atoms with Crippen molar-refractivity contribution in [3.05, 3.63) is 53.1 Å². The molecular formula is C31H39FN4O3. The fourth-order valence-corrected chi connectivity index (χ4v) is 6.57. The summed E-state index contributed by atoms with van der Waals surface area (Å²) in [5.41, 5.74) is 2.49. The Labute approximate surface area is 229 Å². The van der Waals surface area contributed by atoms with Crippen LogP contribution in [0.1, 0.15) is 89.0 Å². The number of nitrogens with zero attached hydrogens (tertiary/aromatic N) is 4. The first-order chi connectivity index (χ1) is 18.5. The van der Waals surface area contributed by atoms with E-state index in [2.05, 4.69) is 17.0 Å². The summed E-state index contributed by atoms with van der Waals surface area (Å²) in [5.74, 6) is -1.04. The topological polar surface area (TPSA) is 76.8 Å². The summed E-state index contributed by atoms with van der Waals surface area (Å²) < 4.78 is 22.6. The van der Waals surface area contributed by atoms with Crippen molar-refractivity contribution in [3.8, 4) is 11.3 Å². The Kier molecular flexibility index (Phi) is 7.02. The van der Waals surface area contributed by atoms with Crippen molar-refractivity contribution >= 4 is 17.5 Å². The van der Waals surface area contributed by atoms with Crippen molar-refractivity contribution < 1.29 is 18.7 Å². The number of benzene rings is 1. The summed E-state index contributed by atoms with van der Waals surface area (Å²) in [7, 11) is 0. The molecule has 1 aliphatic carbocycles. The molecule has 208 valence electrons. The summed E-state index contributed by atoms with van der Waals surface area (Å²) in [4.78, 5) is 32.6. The van der Waals surface area contributed by atoms with Crippen LogP contribution in [0.15, 0.2) is 30.3 Å². The van der Waals surface area contributed by atoms with E-state index in [1.165, 1.54) is 6.07 Å². The number of ether oxygens (including phenoxy) is 1. The van der Waals surface area contributed by atoms with Crippen LogP contribution in [0.4, 0.5) is 4.39 Å². The van der Waals surface area contributed by atoms with Gasteiger partial charge in [-0.05, 0) is 62.3 Å². The molecule has 39 heavy (non-hydrogen) atoms. The van der Waals surface area contributed by atoms with Crippen LogP contribution in [0.3, 0.4) is 0 Å². The lowest BCUT2D eigenvalue weighted by atomic mass is 9.88. The minimum Gasteiger partial charge on any atom is -0.466 e. The van der Waals surface area contributed by atoms with Gasteiger partial charge in [0.2, 0.25) is 0 Å². The van der Waals surface area contributed by atoms with Gasteiger partial charge in [-0.25, -0.2) is 13.9 Å². The van der Waals surface area contributed by atoms with E-state index in [-0.39, 0.29) is 29.3 Å². The number of esters is 1. The van der Waals surface area contributed by atoms with Crippen LogP contribution in [-0.4, -0.2) is 50.6 Å². The summed E-state index contributed by atoms with van der Waals surface area (Å²) in [6.45, 7) is 13.0. The molecule has 5 rings (SSSR count). The van der Waals surface area contributed by atoms with Gasteiger partial charge in [0.05, 0.1) is 18.2 Å². The third-order valence-electron chi connectivity index (χ3n) is 9.32. The minimum absolute atomic E-state index is 0.0590. The number of aromatic nitrogens is 3. The van der Waals surface area contributed by atoms with Gasteiger partial charge in [0.25, 0.3) is 5.91 Å². The SMILES string of the molecule is CCOC(=O)[C@H]1C(C)(C)C1(C)c1ccc(-c2cc3nc(C(=O)N4CCCCC[C@H]4C)cc(CC)n3n2)c(F)c1. The number of halogens is 1. The molecule has 2 fully saturated rings. The van der Waals surface area contributed by atoms with Crippen LogP contribution >= 0.6 is 0 Å². The first kappa shape index (κ1) is 27.3. The van der Waals surface area contributed by atoms with Gasteiger partial charge >= 0.3 is 5.97 Å². The maximum Gasteiger partial charge on any atom is 0.310 e. The van der Waals surface area contributed by atoms with Gasteiger partial charge in [-0.2, -0.15) is 5.10 Å². The van der Waals surface area contributed by atoms with E-state index in [0.717, 1.165) is 43.5 Å². The van der Waals surface area contributed by atoms with Crippen molar-refractivity contribution in [2.24, 2.45) is 11.3 Å². The Morgan fingerprint density at radius 1 is 1.10 bits per heavy atom. The van der Waals surface area contributed by atoms with E-state index >= 15 is 4.39 Å². The van der Waals surface area contributed by atoms with E-state index in [1.807, 2.05) is 44.7 Å². The number of rotatable bonds is 6. The maximum absolute atomic E-state index is 15.6. The van der Waals surface area contributed by atoms with Crippen LogP contribution in [0.25, 0.3) is 16.9 Å². The van der Waals surface area contributed by atoms with Crippen LogP contribution in [0.2, 0.25) is 0 Å². The predicted octanol–water partition coefficient (Wildman–Crippen LogP) is 5.98. The molecular weight excluding hydrogens is 495 g/mol. The normalized spacial score (nSPS) is 24.4. The quantitative estimate of drug-likeness (QED) is 0.364. The second-order valence-electron chi connectivity index (χ2n) is 11.8. The summed E-state index contributed by atoms with van der Waals surface area (Å²) in [5, 5.41) is 4.68. The molecule has 3 atom stereocenters. The summed E-state index contributed by atoms with van der Waals surface area (Å²) in [6, 6.07) is 8.86. The largest absolute Gasteiger partial charge is 0.466 e. The lowest BCUT2D eigenvalue weighted by molar-refractivity contribution is -0.145. The number of likely N-dealkylation sites (tertiary alicyclic amines) is 1. The molecule has 3 aromatic rings. The fourth-order valence-electron chi connectivity index (χ4n) is 6.57. The molecule has 0 N–H and O–H groups in total. The number of carbonyl (C=O) groups excluding carboxylic acids is 2.